The van der Waals surface area contributed by atoms with Crippen LogP contribution in [-0.2, 0) is 0 Å². The summed E-state index contributed by atoms with van der Waals surface area (Å²) in [5.74, 6) is 2.32. The molecule has 4 nitrogen and oxygen atoms in total. The van der Waals surface area contributed by atoms with Crippen LogP contribution in [0, 0.1) is 46.3 Å². The number of hydrogen-bond acceptors (Lipinski definition) is 4. The zero-order chi connectivity index (χ0) is 22.1. The summed E-state index contributed by atoms with van der Waals surface area (Å²) in [6.45, 7) is 10.1. The molecular formula is C27H43NO3. The highest BCUT2D eigenvalue weighted by atomic mass is 16.3. The summed E-state index contributed by atoms with van der Waals surface area (Å²) in [5, 5.41) is 33.3. The Hall–Kier alpha value is -0.710. The Morgan fingerprint density at radius 1 is 1.10 bits per heavy atom. The van der Waals surface area contributed by atoms with Gasteiger partial charge in [0.25, 0.3) is 0 Å². The molecule has 4 heteroatoms. The molecule has 3 N–H and O–H groups in total. The minimum absolute atomic E-state index is 0.0898. The molecule has 174 valence electrons. The van der Waals surface area contributed by atoms with E-state index in [0.29, 0.717) is 23.7 Å². The van der Waals surface area contributed by atoms with Crippen molar-refractivity contribution in [1.29, 1.82) is 0 Å². The van der Waals surface area contributed by atoms with Crippen molar-refractivity contribution >= 4 is 5.71 Å². The molecule has 3 saturated carbocycles. The number of aliphatic hydroxyl groups excluding tert-OH is 3. The van der Waals surface area contributed by atoms with Crippen molar-refractivity contribution in [2.45, 2.75) is 97.4 Å². The highest BCUT2D eigenvalue weighted by Gasteiger charge is 2.65. The average molecular weight is 430 g/mol. The molecule has 0 unspecified atom stereocenters. The zero-order valence-electron chi connectivity index (χ0n) is 19.9. The lowest BCUT2D eigenvalue weighted by molar-refractivity contribution is -0.136. The third-order valence-corrected chi connectivity index (χ3v) is 10.9. The van der Waals surface area contributed by atoms with Crippen LogP contribution in [0.2, 0.25) is 0 Å². The van der Waals surface area contributed by atoms with E-state index in [1.807, 2.05) is 0 Å². The fourth-order valence-electron chi connectivity index (χ4n) is 8.96. The quantitative estimate of drug-likeness (QED) is 0.571. The number of fused-ring (bicyclic) bond motifs is 5. The van der Waals surface area contributed by atoms with Gasteiger partial charge < -0.3 is 15.3 Å². The number of rotatable bonds is 2. The van der Waals surface area contributed by atoms with Crippen LogP contribution in [0.15, 0.2) is 16.6 Å². The molecule has 4 aliphatic carbocycles. The van der Waals surface area contributed by atoms with Crippen LogP contribution in [0.25, 0.3) is 0 Å². The molecule has 0 aromatic carbocycles. The molecule has 31 heavy (non-hydrogen) atoms. The Labute approximate surface area is 188 Å². The predicted molar refractivity (Wildman–Crippen MR) is 124 cm³/mol. The van der Waals surface area contributed by atoms with Gasteiger partial charge in [0.15, 0.2) is 0 Å². The predicted octanol–water partition coefficient (Wildman–Crippen LogP) is 4.37. The topological polar surface area (TPSA) is 73.0 Å². The van der Waals surface area contributed by atoms with Gasteiger partial charge in [-0.2, -0.15) is 0 Å². The normalized spacial score (nSPS) is 53.0. The highest BCUT2D eigenvalue weighted by Crippen LogP contribution is 2.67. The van der Waals surface area contributed by atoms with Gasteiger partial charge in [-0.1, -0.05) is 39.3 Å². The van der Waals surface area contributed by atoms with Crippen molar-refractivity contribution < 1.29 is 15.3 Å². The van der Waals surface area contributed by atoms with Crippen LogP contribution < -0.4 is 0 Å². The minimum Gasteiger partial charge on any atom is -0.393 e. The van der Waals surface area contributed by atoms with Crippen LogP contribution in [0.3, 0.4) is 0 Å². The smallest absolute Gasteiger partial charge is 0.0603 e. The summed E-state index contributed by atoms with van der Waals surface area (Å²) in [7, 11) is 0. The van der Waals surface area contributed by atoms with Gasteiger partial charge in [0.05, 0.1) is 18.3 Å². The molecule has 0 aromatic heterocycles. The largest absolute Gasteiger partial charge is 0.393 e. The number of aliphatic imine (C=N–C) groups is 1. The first-order chi connectivity index (χ1) is 14.7. The molecule has 11 atom stereocenters. The molecule has 0 bridgehead atoms. The lowest BCUT2D eigenvalue weighted by Gasteiger charge is -2.59. The standard InChI is InChI=1S/C27H43NO3/c1-15-5-8-22(28-14-15)16(2)25-23(30)12-21-19-7-6-17-11-18(29)9-10-26(17,3)20(19)13-24(31)27(21,25)4/h6,15-16,18-21,23-25,29-31H,5,7-14H2,1-4H3/t15-,16+,18-,19+,20-,21+,23+,24-,25+,26-,27-/m0/s1. The number of aliphatic hydroxyl groups is 3. The molecule has 3 fully saturated rings. The van der Waals surface area contributed by atoms with E-state index in [9.17, 15) is 15.3 Å². The van der Waals surface area contributed by atoms with Crippen molar-refractivity contribution in [3.05, 3.63) is 11.6 Å². The van der Waals surface area contributed by atoms with E-state index in [4.69, 9.17) is 4.99 Å². The van der Waals surface area contributed by atoms with Crippen molar-refractivity contribution in [1.82, 2.24) is 0 Å². The van der Waals surface area contributed by atoms with Gasteiger partial charge in [-0.05, 0) is 86.4 Å². The van der Waals surface area contributed by atoms with Crippen molar-refractivity contribution in [2.75, 3.05) is 6.54 Å². The molecule has 5 aliphatic rings. The molecule has 5 rings (SSSR count). The Bertz CT molecular complexity index is 776. The summed E-state index contributed by atoms with van der Waals surface area (Å²) in [6.07, 6.45) is 9.12. The maximum atomic E-state index is 11.7. The second-order valence-electron chi connectivity index (χ2n) is 12.4. The van der Waals surface area contributed by atoms with E-state index in [1.165, 1.54) is 17.7 Å². The van der Waals surface area contributed by atoms with Gasteiger partial charge in [-0.3, -0.25) is 4.99 Å². The fraction of sp³-hybridized carbons (Fsp3) is 0.889. The Balaban J connectivity index is 1.46. The van der Waals surface area contributed by atoms with Gasteiger partial charge in [0, 0.05) is 23.6 Å². The van der Waals surface area contributed by atoms with Crippen molar-refractivity contribution in [2.24, 2.45) is 51.3 Å². The average Bonchev–Trinajstić information content (AvgIpc) is 3.01. The molecular weight excluding hydrogens is 386 g/mol. The van der Waals surface area contributed by atoms with Gasteiger partial charge in [0.2, 0.25) is 0 Å². The molecule has 0 saturated heterocycles. The second kappa shape index (κ2) is 7.67. The summed E-state index contributed by atoms with van der Waals surface area (Å²) >= 11 is 0. The number of nitrogens with zero attached hydrogens (tertiary/aromatic N) is 1. The summed E-state index contributed by atoms with van der Waals surface area (Å²) in [5.41, 5.74) is 2.55. The molecule has 0 radical (unpaired) electrons. The van der Waals surface area contributed by atoms with E-state index >= 15 is 0 Å². The molecule has 1 heterocycles. The summed E-state index contributed by atoms with van der Waals surface area (Å²) in [4.78, 5) is 4.93. The first-order valence-corrected chi connectivity index (χ1v) is 12.9. The Morgan fingerprint density at radius 2 is 1.87 bits per heavy atom. The SMILES string of the molecule is C[C@H]1CCC([C@@H](C)[C@@H]2[C@H](O)C[C@@H]3[C@@H]4CC=C5C[C@@H](O)CC[C@]5(C)[C@H]4C[C@H](O)[C@@]23C)=NC1. The third-order valence-electron chi connectivity index (χ3n) is 10.9. The Morgan fingerprint density at radius 3 is 2.58 bits per heavy atom. The van der Waals surface area contributed by atoms with E-state index in [2.05, 4.69) is 33.8 Å². The lowest BCUT2D eigenvalue weighted by Crippen LogP contribution is -2.57. The van der Waals surface area contributed by atoms with E-state index in [-0.39, 0.29) is 41.0 Å². The number of hydrogen-bond donors (Lipinski definition) is 3. The first kappa shape index (κ1) is 22.1. The van der Waals surface area contributed by atoms with E-state index in [0.717, 1.165) is 51.5 Å². The Kier molecular flexibility index (Phi) is 5.47. The van der Waals surface area contributed by atoms with Crippen molar-refractivity contribution in [3.63, 3.8) is 0 Å². The van der Waals surface area contributed by atoms with Crippen LogP contribution in [0.5, 0.6) is 0 Å². The van der Waals surface area contributed by atoms with Crippen molar-refractivity contribution in [3.8, 4) is 0 Å². The zero-order valence-corrected chi connectivity index (χ0v) is 19.9. The summed E-state index contributed by atoms with van der Waals surface area (Å²) < 4.78 is 0. The van der Waals surface area contributed by atoms with Gasteiger partial charge in [0.1, 0.15) is 0 Å². The third kappa shape index (κ3) is 3.22. The summed E-state index contributed by atoms with van der Waals surface area (Å²) in [6, 6.07) is 0. The van der Waals surface area contributed by atoms with Crippen LogP contribution in [-0.4, -0.2) is 45.9 Å². The first-order valence-electron chi connectivity index (χ1n) is 12.9. The maximum absolute atomic E-state index is 11.7. The van der Waals surface area contributed by atoms with Crippen LogP contribution in [0.4, 0.5) is 0 Å². The van der Waals surface area contributed by atoms with Crippen LogP contribution >= 0.6 is 0 Å². The monoisotopic (exact) mass is 429 g/mol. The van der Waals surface area contributed by atoms with Gasteiger partial charge >= 0.3 is 0 Å². The van der Waals surface area contributed by atoms with E-state index < -0.39 is 0 Å². The maximum Gasteiger partial charge on any atom is 0.0603 e. The second-order valence-corrected chi connectivity index (χ2v) is 12.4. The molecule has 0 amide bonds. The van der Waals surface area contributed by atoms with E-state index in [1.54, 1.807) is 0 Å². The minimum atomic E-state index is -0.380. The van der Waals surface area contributed by atoms with Gasteiger partial charge in [-0.15, -0.1) is 0 Å². The van der Waals surface area contributed by atoms with Crippen LogP contribution in [0.1, 0.15) is 79.1 Å². The molecule has 0 spiro atoms. The molecule has 0 aromatic rings. The fourth-order valence-corrected chi connectivity index (χ4v) is 8.96. The number of allylic oxidation sites excluding steroid dienone is 1. The highest BCUT2D eigenvalue weighted by molar-refractivity contribution is 5.87. The lowest BCUT2D eigenvalue weighted by atomic mass is 9.46. The van der Waals surface area contributed by atoms with Gasteiger partial charge in [-0.25, -0.2) is 0 Å². The molecule has 1 aliphatic heterocycles.